The third kappa shape index (κ3) is 16.9. The van der Waals surface area contributed by atoms with Crippen LogP contribution in [0.5, 0.6) is 0 Å². The first kappa shape index (κ1) is 88.5. The van der Waals surface area contributed by atoms with E-state index in [0.717, 1.165) is 207 Å². The molecule has 146 heavy (non-hydrogen) atoms. The van der Waals surface area contributed by atoms with Crippen LogP contribution < -0.4 is 29.4 Å². The van der Waals surface area contributed by atoms with E-state index in [1.54, 1.807) is 0 Å². The van der Waals surface area contributed by atoms with Gasteiger partial charge in [-0.2, -0.15) is 0 Å². The van der Waals surface area contributed by atoms with Crippen LogP contribution in [0.1, 0.15) is 16.7 Å². The topological polar surface area (TPSA) is 72.0 Å². The molecule has 0 saturated heterocycles. The van der Waals surface area contributed by atoms with Gasteiger partial charge in [0.1, 0.15) is 44.7 Å². The Kier molecular flexibility index (Phi) is 23.4. The van der Waals surface area contributed by atoms with Crippen molar-refractivity contribution in [3.63, 3.8) is 0 Å². The summed E-state index contributed by atoms with van der Waals surface area (Å²) in [6.07, 6.45) is 0. The summed E-state index contributed by atoms with van der Waals surface area (Å²) in [6.45, 7) is 6.59. The molecular weight excluding hydrogens is 1800 g/mol. The number of benzene rings is 22. The molecule has 0 bridgehead atoms. The summed E-state index contributed by atoms with van der Waals surface area (Å²) in [7, 11) is 0. The number of furan rings is 4. The Labute approximate surface area is 850 Å². The van der Waals surface area contributed by atoms with Crippen molar-refractivity contribution >= 4 is 222 Å². The fraction of sp³-hybridized carbons (Fsp3) is 0.0222. The Morgan fingerprint density at radius 3 is 0.829 bits per heavy atom. The number of rotatable bonds is 20. The van der Waals surface area contributed by atoms with Gasteiger partial charge >= 0.3 is 0 Å². The van der Waals surface area contributed by atoms with E-state index in [-0.39, 0.29) is 0 Å². The number of anilines is 18. The number of aryl methyl sites for hydroxylation is 3. The van der Waals surface area contributed by atoms with Crippen molar-refractivity contribution in [1.82, 2.24) is 0 Å². The van der Waals surface area contributed by atoms with E-state index in [9.17, 15) is 0 Å². The molecule has 0 N–H and O–H groups in total. The van der Waals surface area contributed by atoms with Gasteiger partial charge in [0.25, 0.3) is 0 Å². The standard InChI is InChI=1S/C49H32N2O3.C43H32N2O.C43H32N2S/c1-31-27-33(22-26-43(31)51(32-11-3-2-4-12-32)36-21-25-42-39-15-7-10-18-46(39)54-49(42)30-36)50(34-19-23-40-37-13-5-8-16-44(37)52-47(40)28-34)35-20-24-41-38-14-6-9-17-45(38)53-48(41)29-35;1-31-29-37(44(33-16-5-2-6-17-33)34-18-7-3-8-19-34)27-28-41(31)45(35-20-9-4-10-21-35)36-22-13-15-32(30-36)38-24-14-25-40-39-23-11-12-26-42(39)46-43(38)40;1-31-29-37(44(34-15-7-3-8-16-34)38-25-27-40-39-19-11-12-20-42(39)46-43(40)30-38)26-28-41(31)45(35-17-9-4-10-18-35)36-23-21-33(22-24-36)32-13-5-2-6-14-32/h2-30H,1H3;2*2-30H,1H3. The average molecular weight is 1900 g/mol. The molecule has 22 aromatic carbocycles. The second-order valence-corrected chi connectivity index (χ2v) is 37.9. The smallest absolute Gasteiger partial charge is 0.143 e. The van der Waals surface area contributed by atoms with Gasteiger partial charge < -0.3 is 47.1 Å². The molecule has 11 heteroatoms. The predicted molar refractivity (Wildman–Crippen MR) is 615 cm³/mol. The van der Waals surface area contributed by atoms with Gasteiger partial charge in [-0.3, -0.25) is 0 Å². The fourth-order valence-corrected chi connectivity index (χ4v) is 21.9. The molecule has 0 spiro atoms. The summed E-state index contributed by atoms with van der Waals surface area (Å²) >= 11 is 1.85. The van der Waals surface area contributed by atoms with Crippen molar-refractivity contribution in [3.8, 4) is 22.3 Å². The number of nitrogens with zero attached hydrogens (tertiary/aromatic N) is 6. The zero-order valence-electron chi connectivity index (χ0n) is 80.5. The van der Waals surface area contributed by atoms with E-state index < -0.39 is 0 Å². The molecule has 0 unspecified atom stereocenters. The van der Waals surface area contributed by atoms with Gasteiger partial charge in [0.2, 0.25) is 0 Å². The minimum absolute atomic E-state index is 0.841. The lowest BCUT2D eigenvalue weighted by atomic mass is 10.0. The number of hydrogen-bond donors (Lipinski definition) is 0. The molecule has 0 radical (unpaired) electrons. The van der Waals surface area contributed by atoms with Crippen LogP contribution in [0.15, 0.2) is 545 Å². The van der Waals surface area contributed by atoms with Gasteiger partial charge in [0, 0.05) is 189 Å². The molecule has 5 aromatic heterocycles. The molecule has 27 aromatic rings. The van der Waals surface area contributed by atoms with Gasteiger partial charge in [0.05, 0.1) is 0 Å². The number of para-hydroxylation sites is 11. The normalized spacial score (nSPS) is 11.4. The molecule has 0 aliphatic heterocycles. The first-order chi connectivity index (χ1) is 72.1. The van der Waals surface area contributed by atoms with Crippen LogP contribution >= 0.6 is 11.3 Å². The van der Waals surface area contributed by atoms with E-state index in [1.807, 2.05) is 59.9 Å². The maximum Gasteiger partial charge on any atom is 0.143 e. The first-order valence-corrected chi connectivity index (χ1v) is 50.2. The SMILES string of the molecule is Cc1cc(N(c2ccc3c(c2)oc2ccccc23)c2ccc3c(c2)oc2ccccc23)ccc1N(c1ccccc1)c1ccc2c(c1)oc1ccccc12.Cc1cc(N(c2ccccc2)c2ccc3c(c2)sc2ccccc23)ccc1N(c1ccccc1)c1ccc(-c2ccccc2)cc1.Cc1cc(N(c2ccccc2)c2ccccc2)ccc1N(c1ccccc1)c1cccc(-c2cccc3c2oc2ccccc23)c1. The molecule has 10 nitrogen and oxygen atoms in total. The highest BCUT2D eigenvalue weighted by atomic mass is 32.1. The number of thiophene rings is 1. The third-order valence-corrected chi connectivity index (χ3v) is 28.8. The Morgan fingerprint density at radius 1 is 0.151 bits per heavy atom. The number of fused-ring (bicyclic) bond motifs is 15. The summed E-state index contributed by atoms with van der Waals surface area (Å²) in [6, 6.07) is 186. The second kappa shape index (κ2) is 38.6. The highest BCUT2D eigenvalue weighted by Gasteiger charge is 2.27. The fourth-order valence-electron chi connectivity index (χ4n) is 20.8. The van der Waals surface area contributed by atoms with Gasteiger partial charge in [-0.25, -0.2) is 0 Å². The van der Waals surface area contributed by atoms with Crippen LogP contribution in [0.3, 0.4) is 0 Å². The van der Waals surface area contributed by atoms with E-state index >= 15 is 0 Å². The van der Waals surface area contributed by atoms with Crippen LogP contribution in [-0.2, 0) is 0 Å². The van der Waals surface area contributed by atoms with Crippen molar-refractivity contribution in [1.29, 1.82) is 0 Å². The Morgan fingerprint density at radius 2 is 0.404 bits per heavy atom. The summed E-state index contributed by atoms with van der Waals surface area (Å²) in [5.41, 5.74) is 34.7. The minimum atomic E-state index is 0.841. The Hall–Kier alpha value is -18.9. The van der Waals surface area contributed by atoms with Crippen molar-refractivity contribution < 1.29 is 17.7 Å². The third-order valence-electron chi connectivity index (χ3n) is 27.7. The molecule has 0 atom stereocenters. The van der Waals surface area contributed by atoms with Gasteiger partial charge in [-0.1, -0.05) is 279 Å². The van der Waals surface area contributed by atoms with Gasteiger partial charge in [0.15, 0.2) is 0 Å². The highest BCUT2D eigenvalue weighted by Crippen LogP contribution is 2.51. The molecular formula is C135H96N6O4S. The van der Waals surface area contributed by atoms with Crippen LogP contribution in [-0.4, -0.2) is 0 Å². The van der Waals surface area contributed by atoms with Crippen LogP contribution in [0.25, 0.3) is 130 Å². The monoisotopic (exact) mass is 1900 g/mol. The molecule has 696 valence electrons. The van der Waals surface area contributed by atoms with Gasteiger partial charge in [-0.05, 0) is 285 Å². The van der Waals surface area contributed by atoms with E-state index in [2.05, 4.69) is 529 Å². The summed E-state index contributed by atoms with van der Waals surface area (Å²) < 4.78 is 28.1. The zero-order valence-corrected chi connectivity index (χ0v) is 81.3. The predicted octanol–water partition coefficient (Wildman–Crippen LogP) is 40.1. The molecule has 0 amide bonds. The maximum atomic E-state index is 6.42. The van der Waals surface area contributed by atoms with E-state index in [1.165, 1.54) is 42.4 Å². The molecule has 0 saturated carbocycles. The van der Waals surface area contributed by atoms with Crippen LogP contribution in [0.2, 0.25) is 0 Å². The average Bonchev–Trinajstić information content (AvgIpc) is 1.55. The maximum absolute atomic E-state index is 6.42. The number of hydrogen-bond acceptors (Lipinski definition) is 11. The molecule has 0 fully saturated rings. The van der Waals surface area contributed by atoms with Gasteiger partial charge in [-0.15, -0.1) is 11.3 Å². The van der Waals surface area contributed by atoms with E-state index in [0.29, 0.717) is 0 Å². The van der Waals surface area contributed by atoms with E-state index in [4.69, 9.17) is 17.7 Å². The quantitative estimate of drug-likeness (QED) is 0.0737. The lowest BCUT2D eigenvalue weighted by Gasteiger charge is -2.30. The summed E-state index contributed by atoms with van der Waals surface area (Å²) in [4.78, 5) is 13.9. The molecule has 27 rings (SSSR count). The lowest BCUT2D eigenvalue weighted by molar-refractivity contribution is 0.668. The highest BCUT2D eigenvalue weighted by molar-refractivity contribution is 7.25. The van der Waals surface area contributed by atoms with Crippen molar-refractivity contribution in [2.24, 2.45) is 0 Å². The second-order valence-electron chi connectivity index (χ2n) is 36.8. The Bertz CT molecular complexity index is 9310. The zero-order chi connectivity index (χ0) is 97.5. The summed E-state index contributed by atoms with van der Waals surface area (Å²) in [5.74, 6) is 0. The largest absolute Gasteiger partial charge is 0.456 e. The first-order valence-electron chi connectivity index (χ1n) is 49.4. The molecule has 0 aliphatic carbocycles. The van der Waals surface area contributed by atoms with Crippen LogP contribution in [0, 0.1) is 20.8 Å². The summed E-state index contributed by atoms with van der Waals surface area (Å²) in [5, 5.41) is 11.5. The molecule has 5 heterocycles. The Balaban J connectivity index is 0.000000115. The van der Waals surface area contributed by atoms with Crippen molar-refractivity contribution in [2.45, 2.75) is 20.8 Å². The van der Waals surface area contributed by atoms with Crippen molar-refractivity contribution in [2.75, 3.05) is 29.4 Å². The minimum Gasteiger partial charge on any atom is -0.456 e. The van der Waals surface area contributed by atoms with Crippen molar-refractivity contribution in [3.05, 3.63) is 544 Å². The molecule has 0 aliphatic rings. The van der Waals surface area contributed by atoms with Crippen LogP contribution in [0.4, 0.5) is 102 Å². The lowest BCUT2D eigenvalue weighted by Crippen LogP contribution is -2.13.